The van der Waals surface area contributed by atoms with Crippen LogP contribution in [0.2, 0.25) is 0 Å². The second-order valence-corrected chi connectivity index (χ2v) is 6.22. The molecule has 1 unspecified atom stereocenters. The van der Waals surface area contributed by atoms with E-state index in [9.17, 15) is 0 Å². The highest BCUT2D eigenvalue weighted by Crippen LogP contribution is 2.18. The van der Waals surface area contributed by atoms with Gasteiger partial charge in [-0.15, -0.1) is 0 Å². The minimum absolute atomic E-state index is 0.685. The SMILES string of the molecule is Cc1cc(C)c(CN(C)CC2CCCCN2)c(C)c1. The van der Waals surface area contributed by atoms with Crippen LogP contribution >= 0.6 is 0 Å². The van der Waals surface area contributed by atoms with Crippen LogP contribution in [-0.4, -0.2) is 31.1 Å². The quantitative estimate of drug-likeness (QED) is 0.894. The molecule has 19 heavy (non-hydrogen) atoms. The normalized spacial score (nSPS) is 19.9. The number of benzene rings is 1. The molecule has 1 heterocycles. The Morgan fingerprint density at radius 1 is 1.16 bits per heavy atom. The molecule has 1 aromatic carbocycles. The number of piperidine rings is 1. The lowest BCUT2D eigenvalue weighted by Crippen LogP contribution is -2.42. The minimum Gasteiger partial charge on any atom is -0.313 e. The van der Waals surface area contributed by atoms with Gasteiger partial charge in [0.15, 0.2) is 0 Å². The van der Waals surface area contributed by atoms with Crippen molar-refractivity contribution in [1.82, 2.24) is 10.2 Å². The minimum atomic E-state index is 0.685. The van der Waals surface area contributed by atoms with E-state index in [0.29, 0.717) is 6.04 Å². The predicted molar refractivity (Wildman–Crippen MR) is 82.6 cm³/mol. The van der Waals surface area contributed by atoms with Gasteiger partial charge in [0.25, 0.3) is 0 Å². The molecule has 1 fully saturated rings. The molecule has 1 aliphatic rings. The summed E-state index contributed by atoms with van der Waals surface area (Å²) in [4.78, 5) is 2.47. The molecule has 0 amide bonds. The summed E-state index contributed by atoms with van der Waals surface area (Å²) in [6.07, 6.45) is 4.06. The van der Waals surface area contributed by atoms with E-state index < -0.39 is 0 Å². The molecule has 0 radical (unpaired) electrons. The van der Waals surface area contributed by atoms with Crippen LogP contribution in [0.25, 0.3) is 0 Å². The topological polar surface area (TPSA) is 15.3 Å². The van der Waals surface area contributed by atoms with Crippen molar-refractivity contribution in [2.75, 3.05) is 20.1 Å². The lowest BCUT2D eigenvalue weighted by atomic mass is 9.99. The van der Waals surface area contributed by atoms with Crippen molar-refractivity contribution in [2.45, 2.75) is 52.6 Å². The van der Waals surface area contributed by atoms with Gasteiger partial charge in [-0.3, -0.25) is 0 Å². The molecule has 1 N–H and O–H groups in total. The first kappa shape index (κ1) is 14.5. The molecule has 2 nitrogen and oxygen atoms in total. The van der Waals surface area contributed by atoms with Crippen LogP contribution in [0.1, 0.15) is 41.5 Å². The molecular weight excluding hydrogens is 232 g/mol. The Morgan fingerprint density at radius 2 is 1.84 bits per heavy atom. The van der Waals surface area contributed by atoms with E-state index >= 15 is 0 Å². The fourth-order valence-corrected chi connectivity index (χ4v) is 3.25. The van der Waals surface area contributed by atoms with Crippen LogP contribution in [0.15, 0.2) is 12.1 Å². The molecule has 2 heteroatoms. The molecule has 1 aliphatic heterocycles. The van der Waals surface area contributed by atoms with E-state index in [0.717, 1.165) is 13.1 Å². The van der Waals surface area contributed by atoms with Crippen molar-refractivity contribution >= 4 is 0 Å². The van der Waals surface area contributed by atoms with Crippen molar-refractivity contribution in [2.24, 2.45) is 0 Å². The summed E-state index contributed by atoms with van der Waals surface area (Å²) in [5, 5.41) is 3.63. The molecule has 0 bridgehead atoms. The van der Waals surface area contributed by atoms with Crippen LogP contribution in [0.5, 0.6) is 0 Å². The standard InChI is InChI=1S/C17H28N2/c1-13-9-14(2)17(15(3)10-13)12-19(4)11-16-7-5-6-8-18-16/h9-10,16,18H,5-8,11-12H2,1-4H3. The van der Waals surface area contributed by atoms with Crippen LogP contribution in [0.3, 0.4) is 0 Å². The van der Waals surface area contributed by atoms with Crippen molar-refractivity contribution in [3.05, 3.63) is 34.4 Å². The van der Waals surface area contributed by atoms with Gasteiger partial charge < -0.3 is 10.2 Å². The van der Waals surface area contributed by atoms with E-state index in [1.54, 1.807) is 0 Å². The summed E-state index contributed by atoms with van der Waals surface area (Å²) in [5.41, 5.74) is 5.74. The number of hydrogen-bond donors (Lipinski definition) is 1. The Balaban J connectivity index is 1.96. The van der Waals surface area contributed by atoms with E-state index in [1.807, 2.05) is 0 Å². The first-order valence-corrected chi connectivity index (χ1v) is 7.55. The van der Waals surface area contributed by atoms with Crippen molar-refractivity contribution in [3.8, 4) is 0 Å². The molecule has 1 aromatic rings. The summed E-state index contributed by atoms with van der Waals surface area (Å²) in [5.74, 6) is 0. The second kappa shape index (κ2) is 6.53. The number of hydrogen-bond acceptors (Lipinski definition) is 2. The fourth-order valence-electron chi connectivity index (χ4n) is 3.25. The van der Waals surface area contributed by atoms with Gasteiger partial charge in [0, 0.05) is 19.1 Å². The Bertz CT molecular complexity index is 396. The van der Waals surface area contributed by atoms with Gasteiger partial charge in [-0.2, -0.15) is 0 Å². The van der Waals surface area contributed by atoms with E-state index in [1.165, 1.54) is 48.1 Å². The fraction of sp³-hybridized carbons (Fsp3) is 0.647. The Kier molecular flexibility index (Phi) is 5.00. The van der Waals surface area contributed by atoms with E-state index in [-0.39, 0.29) is 0 Å². The maximum absolute atomic E-state index is 3.63. The van der Waals surface area contributed by atoms with Crippen LogP contribution < -0.4 is 5.32 Å². The predicted octanol–water partition coefficient (Wildman–Crippen LogP) is 3.19. The number of aryl methyl sites for hydroxylation is 3. The van der Waals surface area contributed by atoms with Gasteiger partial charge in [0.2, 0.25) is 0 Å². The van der Waals surface area contributed by atoms with Gasteiger partial charge in [0.1, 0.15) is 0 Å². The first-order chi connectivity index (χ1) is 9.06. The van der Waals surface area contributed by atoms with Crippen LogP contribution in [-0.2, 0) is 6.54 Å². The number of rotatable bonds is 4. The third-order valence-electron chi connectivity index (χ3n) is 4.21. The Labute approximate surface area is 118 Å². The average molecular weight is 260 g/mol. The Hall–Kier alpha value is -0.860. The third-order valence-corrected chi connectivity index (χ3v) is 4.21. The lowest BCUT2D eigenvalue weighted by molar-refractivity contribution is 0.256. The van der Waals surface area contributed by atoms with Gasteiger partial charge in [-0.25, -0.2) is 0 Å². The molecule has 2 rings (SSSR count). The molecule has 0 aliphatic carbocycles. The maximum Gasteiger partial charge on any atom is 0.0236 e. The summed E-state index contributed by atoms with van der Waals surface area (Å²) in [7, 11) is 2.25. The largest absolute Gasteiger partial charge is 0.313 e. The number of likely N-dealkylation sites (N-methyl/N-ethyl adjacent to an activating group) is 1. The van der Waals surface area contributed by atoms with Crippen LogP contribution in [0, 0.1) is 20.8 Å². The highest BCUT2D eigenvalue weighted by Gasteiger charge is 2.15. The molecular formula is C17H28N2. The lowest BCUT2D eigenvalue weighted by Gasteiger charge is -2.29. The molecule has 0 spiro atoms. The summed E-state index contributed by atoms with van der Waals surface area (Å²) >= 11 is 0. The molecule has 0 aromatic heterocycles. The monoisotopic (exact) mass is 260 g/mol. The molecule has 106 valence electrons. The Morgan fingerprint density at radius 3 is 2.42 bits per heavy atom. The van der Waals surface area contributed by atoms with Gasteiger partial charge in [0.05, 0.1) is 0 Å². The molecule has 1 saturated heterocycles. The highest BCUT2D eigenvalue weighted by molar-refractivity contribution is 5.37. The summed E-state index contributed by atoms with van der Waals surface area (Å²) in [6.45, 7) is 10.1. The zero-order valence-corrected chi connectivity index (χ0v) is 12.9. The molecule has 0 saturated carbocycles. The summed E-state index contributed by atoms with van der Waals surface area (Å²) < 4.78 is 0. The van der Waals surface area contributed by atoms with Crippen molar-refractivity contribution < 1.29 is 0 Å². The highest BCUT2D eigenvalue weighted by atomic mass is 15.1. The number of nitrogens with zero attached hydrogens (tertiary/aromatic N) is 1. The van der Waals surface area contributed by atoms with Gasteiger partial charge in [-0.1, -0.05) is 24.1 Å². The van der Waals surface area contributed by atoms with Gasteiger partial charge in [-0.05, 0) is 63.9 Å². The second-order valence-electron chi connectivity index (χ2n) is 6.22. The third kappa shape index (κ3) is 4.05. The molecule has 1 atom stereocenters. The smallest absolute Gasteiger partial charge is 0.0236 e. The van der Waals surface area contributed by atoms with Gasteiger partial charge >= 0.3 is 0 Å². The summed E-state index contributed by atoms with van der Waals surface area (Å²) in [6, 6.07) is 5.29. The average Bonchev–Trinajstić information content (AvgIpc) is 2.35. The van der Waals surface area contributed by atoms with E-state index in [4.69, 9.17) is 0 Å². The van der Waals surface area contributed by atoms with Crippen molar-refractivity contribution in [1.29, 1.82) is 0 Å². The zero-order valence-electron chi connectivity index (χ0n) is 12.9. The maximum atomic E-state index is 3.63. The van der Waals surface area contributed by atoms with E-state index in [2.05, 4.69) is 50.2 Å². The van der Waals surface area contributed by atoms with Crippen LogP contribution in [0.4, 0.5) is 0 Å². The zero-order chi connectivity index (χ0) is 13.8. The number of nitrogens with one attached hydrogen (secondary N) is 1. The first-order valence-electron chi connectivity index (χ1n) is 7.55. The van der Waals surface area contributed by atoms with Crippen molar-refractivity contribution in [3.63, 3.8) is 0 Å².